The molecule has 0 bridgehead atoms. The van der Waals surface area contributed by atoms with Gasteiger partial charge in [-0.15, -0.1) is 0 Å². The molecule has 96 valence electrons. The zero-order valence-corrected chi connectivity index (χ0v) is 11.1. The highest BCUT2D eigenvalue weighted by Gasteiger charge is 2.05. The van der Waals surface area contributed by atoms with Crippen molar-refractivity contribution < 1.29 is 0 Å². The van der Waals surface area contributed by atoms with Gasteiger partial charge in [0.1, 0.15) is 11.6 Å². The number of H-pyrrole nitrogens is 1. The maximum atomic E-state index is 11.4. The van der Waals surface area contributed by atoms with E-state index in [4.69, 9.17) is 0 Å². The number of hydrogen-bond acceptors (Lipinski definition) is 4. The number of nitrogens with zero attached hydrogens (tertiary/aromatic N) is 2. The van der Waals surface area contributed by atoms with Gasteiger partial charge in [-0.1, -0.05) is 6.92 Å². The number of hydrogen-bond donors (Lipinski definition) is 2. The van der Waals surface area contributed by atoms with Gasteiger partial charge in [0.15, 0.2) is 0 Å². The summed E-state index contributed by atoms with van der Waals surface area (Å²) in [6.07, 6.45) is 1.75. The smallest absolute Gasteiger partial charge is 0.252 e. The van der Waals surface area contributed by atoms with E-state index >= 15 is 0 Å². The van der Waals surface area contributed by atoms with Crippen LogP contribution in [0, 0.1) is 0 Å². The lowest BCUT2D eigenvalue weighted by Gasteiger charge is -2.17. The van der Waals surface area contributed by atoms with Gasteiger partial charge < -0.3 is 15.2 Å². The Morgan fingerprint density at radius 2 is 2.24 bits per heavy atom. The molecule has 1 aromatic rings. The van der Waals surface area contributed by atoms with Gasteiger partial charge in [-0.3, -0.25) is 4.79 Å². The van der Waals surface area contributed by atoms with Crippen LogP contribution in [-0.4, -0.2) is 41.5 Å². The second-order valence-electron chi connectivity index (χ2n) is 4.57. The van der Waals surface area contributed by atoms with E-state index in [0.29, 0.717) is 11.9 Å². The predicted molar refractivity (Wildman–Crippen MR) is 70.5 cm³/mol. The van der Waals surface area contributed by atoms with Crippen LogP contribution in [0.15, 0.2) is 10.9 Å². The van der Waals surface area contributed by atoms with Crippen molar-refractivity contribution in [3.63, 3.8) is 0 Å². The summed E-state index contributed by atoms with van der Waals surface area (Å²) in [5.41, 5.74) is -0.0980. The zero-order valence-electron chi connectivity index (χ0n) is 11.1. The fourth-order valence-corrected chi connectivity index (χ4v) is 1.53. The molecule has 1 atom stereocenters. The van der Waals surface area contributed by atoms with E-state index in [1.807, 2.05) is 21.0 Å². The molecule has 1 aromatic heterocycles. The average Bonchev–Trinajstić information content (AvgIpc) is 2.25. The molecule has 1 unspecified atom stereocenters. The molecule has 1 heterocycles. The van der Waals surface area contributed by atoms with Gasteiger partial charge in [-0.2, -0.15) is 0 Å². The highest BCUT2D eigenvalue weighted by Crippen LogP contribution is 2.04. The number of aromatic amines is 1. The highest BCUT2D eigenvalue weighted by atomic mass is 16.1. The molecule has 5 heteroatoms. The van der Waals surface area contributed by atoms with Crippen molar-refractivity contribution in [1.29, 1.82) is 0 Å². The third kappa shape index (κ3) is 4.99. The number of anilines is 1. The quantitative estimate of drug-likeness (QED) is 0.778. The zero-order chi connectivity index (χ0) is 12.8. The Morgan fingerprint density at radius 1 is 1.53 bits per heavy atom. The Balaban J connectivity index is 2.61. The standard InChI is InChI=1S/C12H22N4O/c1-5-10-14-11(8-12(17)15-10)13-9(2)6-7-16(3)4/h8-9H,5-7H2,1-4H3,(H2,13,14,15,17). The minimum Gasteiger partial charge on any atom is -0.367 e. The molecule has 17 heavy (non-hydrogen) atoms. The lowest BCUT2D eigenvalue weighted by molar-refractivity contribution is 0.390. The number of rotatable bonds is 6. The molecule has 0 aliphatic heterocycles. The third-order valence-electron chi connectivity index (χ3n) is 2.53. The minimum atomic E-state index is -0.0980. The molecule has 0 aliphatic carbocycles. The largest absolute Gasteiger partial charge is 0.367 e. The van der Waals surface area contributed by atoms with Crippen molar-refractivity contribution >= 4 is 5.82 Å². The van der Waals surface area contributed by atoms with Crippen molar-refractivity contribution in [3.05, 3.63) is 22.2 Å². The molecular formula is C12H22N4O. The summed E-state index contributed by atoms with van der Waals surface area (Å²) in [4.78, 5) is 20.6. The Kier molecular flexibility index (Phi) is 5.15. The topological polar surface area (TPSA) is 61.0 Å². The van der Waals surface area contributed by atoms with E-state index in [1.54, 1.807) is 0 Å². The van der Waals surface area contributed by atoms with Gasteiger partial charge in [0.05, 0.1) is 0 Å². The fraction of sp³-hybridized carbons (Fsp3) is 0.667. The van der Waals surface area contributed by atoms with Crippen molar-refractivity contribution in [1.82, 2.24) is 14.9 Å². The third-order valence-corrected chi connectivity index (χ3v) is 2.53. The van der Waals surface area contributed by atoms with Gasteiger partial charge in [-0.05, 0) is 34.0 Å². The van der Waals surface area contributed by atoms with Crippen LogP contribution in [0.3, 0.4) is 0 Å². The van der Waals surface area contributed by atoms with Crippen LogP contribution in [0.4, 0.5) is 5.82 Å². The summed E-state index contributed by atoms with van der Waals surface area (Å²) in [7, 11) is 4.10. The molecular weight excluding hydrogens is 216 g/mol. The van der Waals surface area contributed by atoms with E-state index in [9.17, 15) is 4.79 Å². The molecule has 0 amide bonds. The number of nitrogens with one attached hydrogen (secondary N) is 2. The van der Waals surface area contributed by atoms with Gasteiger partial charge in [0.25, 0.3) is 5.56 Å². The van der Waals surface area contributed by atoms with Crippen LogP contribution in [0.25, 0.3) is 0 Å². The van der Waals surface area contributed by atoms with E-state index in [0.717, 1.165) is 25.2 Å². The van der Waals surface area contributed by atoms with Gasteiger partial charge in [0.2, 0.25) is 0 Å². The van der Waals surface area contributed by atoms with Crippen LogP contribution in [-0.2, 0) is 6.42 Å². The maximum Gasteiger partial charge on any atom is 0.252 e. The molecule has 0 saturated carbocycles. The Morgan fingerprint density at radius 3 is 2.82 bits per heavy atom. The fourth-order valence-electron chi connectivity index (χ4n) is 1.53. The van der Waals surface area contributed by atoms with Crippen LogP contribution < -0.4 is 10.9 Å². The van der Waals surface area contributed by atoms with Crippen molar-refractivity contribution in [2.24, 2.45) is 0 Å². The van der Waals surface area contributed by atoms with Crippen LogP contribution in [0.5, 0.6) is 0 Å². The van der Waals surface area contributed by atoms with E-state index in [1.165, 1.54) is 6.07 Å². The molecule has 0 spiro atoms. The molecule has 5 nitrogen and oxygen atoms in total. The first-order valence-electron chi connectivity index (χ1n) is 6.02. The summed E-state index contributed by atoms with van der Waals surface area (Å²) >= 11 is 0. The average molecular weight is 238 g/mol. The van der Waals surface area contributed by atoms with Gasteiger partial charge >= 0.3 is 0 Å². The molecule has 0 saturated heterocycles. The Labute approximate surface area is 102 Å². The van der Waals surface area contributed by atoms with Crippen molar-refractivity contribution in [3.8, 4) is 0 Å². The Hall–Kier alpha value is -1.36. The van der Waals surface area contributed by atoms with Crippen LogP contribution in [0.1, 0.15) is 26.1 Å². The lowest BCUT2D eigenvalue weighted by Crippen LogP contribution is -2.24. The maximum absolute atomic E-state index is 11.4. The first-order chi connectivity index (χ1) is 8.01. The summed E-state index contributed by atoms with van der Waals surface area (Å²) in [6.45, 7) is 5.08. The normalized spacial score (nSPS) is 12.8. The first kappa shape index (κ1) is 13.7. The monoisotopic (exact) mass is 238 g/mol. The SMILES string of the molecule is CCc1nc(NC(C)CCN(C)C)cc(=O)[nH]1. The first-order valence-corrected chi connectivity index (χ1v) is 6.02. The predicted octanol–water partition coefficient (Wildman–Crippen LogP) is 1.08. The van der Waals surface area contributed by atoms with Crippen molar-refractivity contribution in [2.45, 2.75) is 32.7 Å². The molecule has 0 fully saturated rings. The number of aromatic nitrogens is 2. The molecule has 0 aromatic carbocycles. The second kappa shape index (κ2) is 6.39. The minimum absolute atomic E-state index is 0.0980. The number of aryl methyl sites for hydroxylation is 1. The molecule has 0 radical (unpaired) electrons. The summed E-state index contributed by atoms with van der Waals surface area (Å²) in [5.74, 6) is 1.39. The van der Waals surface area contributed by atoms with Crippen molar-refractivity contribution in [2.75, 3.05) is 26.0 Å². The van der Waals surface area contributed by atoms with E-state index in [-0.39, 0.29) is 5.56 Å². The van der Waals surface area contributed by atoms with E-state index < -0.39 is 0 Å². The summed E-state index contributed by atoms with van der Waals surface area (Å²) in [5, 5.41) is 3.26. The summed E-state index contributed by atoms with van der Waals surface area (Å²) in [6, 6.07) is 1.81. The van der Waals surface area contributed by atoms with E-state index in [2.05, 4.69) is 27.1 Å². The van der Waals surface area contributed by atoms with Gasteiger partial charge in [-0.25, -0.2) is 4.98 Å². The Bertz CT molecular complexity index is 400. The van der Waals surface area contributed by atoms with Gasteiger partial charge in [0, 0.05) is 18.5 Å². The highest BCUT2D eigenvalue weighted by molar-refractivity contribution is 5.34. The lowest BCUT2D eigenvalue weighted by atomic mass is 10.2. The molecule has 1 rings (SSSR count). The second-order valence-corrected chi connectivity index (χ2v) is 4.57. The molecule has 2 N–H and O–H groups in total. The van der Waals surface area contributed by atoms with Crippen LogP contribution in [0.2, 0.25) is 0 Å². The van der Waals surface area contributed by atoms with Crippen LogP contribution >= 0.6 is 0 Å². The summed E-state index contributed by atoms with van der Waals surface area (Å²) < 4.78 is 0. The molecule has 0 aliphatic rings.